The molecule has 0 saturated carbocycles. The highest BCUT2D eigenvalue weighted by molar-refractivity contribution is 6.31. The highest BCUT2D eigenvalue weighted by Crippen LogP contribution is 2.34. The molecule has 1 fully saturated rings. The summed E-state index contributed by atoms with van der Waals surface area (Å²) >= 11 is 6.34. The van der Waals surface area contributed by atoms with Crippen LogP contribution in [-0.2, 0) is 11.2 Å². The molecule has 0 bridgehead atoms. The van der Waals surface area contributed by atoms with Crippen LogP contribution in [0.15, 0.2) is 36.4 Å². The molecule has 1 heterocycles. The molecule has 2 aromatic carbocycles. The molecule has 1 aliphatic heterocycles. The minimum absolute atomic E-state index is 0.0232. The molecule has 0 amide bonds. The summed E-state index contributed by atoms with van der Waals surface area (Å²) < 4.78 is 25.9. The van der Waals surface area contributed by atoms with Gasteiger partial charge in [-0.3, -0.25) is 0 Å². The van der Waals surface area contributed by atoms with Crippen molar-refractivity contribution in [2.24, 2.45) is 0 Å². The predicted octanol–water partition coefficient (Wildman–Crippen LogP) is 4.43. The lowest BCUT2D eigenvalue weighted by Crippen LogP contribution is -2.33. The Labute approximate surface area is 169 Å². The molecule has 2 N–H and O–H groups in total. The summed E-state index contributed by atoms with van der Waals surface area (Å²) in [7, 11) is 0. The van der Waals surface area contributed by atoms with Crippen molar-refractivity contribution in [3.05, 3.63) is 63.9 Å². The summed E-state index contributed by atoms with van der Waals surface area (Å²) in [5.74, 6) is 0.153. The molecule has 1 aliphatic rings. The summed E-state index contributed by atoms with van der Waals surface area (Å²) in [6.45, 7) is 3.65. The summed E-state index contributed by atoms with van der Waals surface area (Å²) in [5, 5.41) is 20.0. The number of aliphatic hydroxyl groups is 2. The number of hydrogen-bond donors (Lipinski definition) is 2. The van der Waals surface area contributed by atoms with Crippen molar-refractivity contribution in [3.63, 3.8) is 0 Å². The zero-order chi connectivity index (χ0) is 20.3. The number of aliphatic hydroxyl groups excluding tert-OH is 2. The van der Waals surface area contributed by atoms with Gasteiger partial charge in [0, 0.05) is 30.4 Å². The maximum absolute atomic E-state index is 14.5. The van der Waals surface area contributed by atoms with Crippen LogP contribution in [0.1, 0.15) is 49.5 Å². The largest absolute Gasteiger partial charge is 0.491 e. The molecular weight excluding hydrogens is 383 g/mol. The van der Waals surface area contributed by atoms with E-state index in [0.29, 0.717) is 35.6 Å². The van der Waals surface area contributed by atoms with Crippen molar-refractivity contribution < 1.29 is 24.1 Å². The van der Waals surface area contributed by atoms with Crippen LogP contribution in [0, 0.1) is 5.82 Å². The number of halogens is 2. The fourth-order valence-electron chi connectivity index (χ4n) is 3.47. The zero-order valence-electron chi connectivity index (χ0n) is 16.1. The minimum atomic E-state index is -0.527. The van der Waals surface area contributed by atoms with Crippen molar-refractivity contribution in [1.29, 1.82) is 0 Å². The molecule has 152 valence electrons. The molecule has 1 saturated heterocycles. The van der Waals surface area contributed by atoms with Crippen molar-refractivity contribution in [2.45, 2.75) is 57.5 Å². The Hall–Kier alpha value is -1.66. The van der Waals surface area contributed by atoms with E-state index in [4.69, 9.17) is 21.1 Å². The average Bonchev–Trinajstić information content (AvgIpc) is 2.64. The Morgan fingerprint density at radius 2 is 1.96 bits per heavy atom. The Balaban J connectivity index is 1.80. The fourth-order valence-corrected chi connectivity index (χ4v) is 3.66. The second kappa shape index (κ2) is 9.23. The van der Waals surface area contributed by atoms with Crippen molar-refractivity contribution in [1.82, 2.24) is 0 Å². The first-order valence-corrected chi connectivity index (χ1v) is 9.91. The molecule has 0 aromatic heterocycles. The van der Waals surface area contributed by atoms with E-state index in [-0.39, 0.29) is 30.7 Å². The van der Waals surface area contributed by atoms with E-state index >= 15 is 0 Å². The number of rotatable bonds is 6. The van der Waals surface area contributed by atoms with Gasteiger partial charge in [0.1, 0.15) is 11.6 Å². The highest BCUT2D eigenvalue weighted by atomic mass is 35.5. The first-order valence-electron chi connectivity index (χ1n) is 9.53. The fraction of sp³-hybridized carbons (Fsp3) is 0.455. The molecule has 28 heavy (non-hydrogen) atoms. The third-order valence-corrected chi connectivity index (χ3v) is 5.17. The lowest BCUT2D eigenvalue weighted by atomic mass is 9.94. The molecule has 0 aliphatic carbocycles. The number of ether oxygens (including phenoxy) is 2. The molecule has 0 spiro atoms. The Bertz CT molecular complexity index is 811. The molecule has 0 radical (unpaired) electrons. The van der Waals surface area contributed by atoms with E-state index in [1.807, 2.05) is 26.0 Å². The number of hydrogen-bond acceptors (Lipinski definition) is 4. The first-order chi connectivity index (χ1) is 13.4. The van der Waals surface area contributed by atoms with Crippen LogP contribution in [0.4, 0.5) is 4.39 Å². The average molecular weight is 409 g/mol. The molecule has 6 heteroatoms. The van der Waals surface area contributed by atoms with Gasteiger partial charge >= 0.3 is 0 Å². The molecular formula is C22H26ClFO4. The maximum atomic E-state index is 14.5. The van der Waals surface area contributed by atoms with E-state index < -0.39 is 6.10 Å². The smallest absolute Gasteiger partial charge is 0.130 e. The van der Waals surface area contributed by atoms with E-state index in [0.717, 1.165) is 11.1 Å². The monoisotopic (exact) mass is 408 g/mol. The standard InChI is InChI=1S/C22H26ClFO4/c1-13(2)27-18-5-3-14(21(24)11-18)7-16-8-15(4-6-20(16)23)22-10-17(26)9-19(12-25)28-22/h3-6,8,11,13,17,19,22,25-26H,7,9-10,12H2,1-2H3/t17-,19-,22+/m0/s1. The van der Waals surface area contributed by atoms with Crippen LogP contribution in [0.5, 0.6) is 5.75 Å². The van der Waals surface area contributed by atoms with Crippen molar-refractivity contribution in [2.75, 3.05) is 6.61 Å². The van der Waals surface area contributed by atoms with Gasteiger partial charge in [-0.1, -0.05) is 29.8 Å². The number of benzene rings is 2. The summed E-state index contributed by atoms with van der Waals surface area (Å²) in [4.78, 5) is 0. The van der Waals surface area contributed by atoms with Gasteiger partial charge in [-0.05, 0) is 42.7 Å². The van der Waals surface area contributed by atoms with Gasteiger partial charge in [-0.15, -0.1) is 0 Å². The van der Waals surface area contributed by atoms with Crippen LogP contribution in [0.25, 0.3) is 0 Å². The van der Waals surface area contributed by atoms with Gasteiger partial charge < -0.3 is 19.7 Å². The second-order valence-electron chi connectivity index (χ2n) is 7.50. The van der Waals surface area contributed by atoms with Crippen LogP contribution in [0.2, 0.25) is 5.02 Å². The summed E-state index contributed by atoms with van der Waals surface area (Å²) in [6, 6.07) is 10.3. The SMILES string of the molecule is CC(C)Oc1ccc(Cc2cc([C@H]3C[C@@H](O)C[C@@H](CO)O3)ccc2Cl)c(F)c1. The van der Waals surface area contributed by atoms with Crippen LogP contribution < -0.4 is 4.74 Å². The summed E-state index contributed by atoms with van der Waals surface area (Å²) in [5.41, 5.74) is 2.16. The van der Waals surface area contributed by atoms with Crippen molar-refractivity contribution in [3.8, 4) is 5.75 Å². The molecule has 4 nitrogen and oxygen atoms in total. The van der Waals surface area contributed by atoms with Gasteiger partial charge in [0.25, 0.3) is 0 Å². The van der Waals surface area contributed by atoms with Crippen LogP contribution in [0.3, 0.4) is 0 Å². The van der Waals surface area contributed by atoms with Crippen molar-refractivity contribution >= 4 is 11.6 Å². The molecule has 3 rings (SSSR count). The third kappa shape index (κ3) is 5.23. The molecule has 3 atom stereocenters. The van der Waals surface area contributed by atoms with Gasteiger partial charge in [0.2, 0.25) is 0 Å². The first kappa shape index (κ1) is 21.1. The van der Waals surface area contributed by atoms with Gasteiger partial charge in [-0.25, -0.2) is 4.39 Å². The van der Waals surface area contributed by atoms with E-state index in [1.165, 1.54) is 6.07 Å². The maximum Gasteiger partial charge on any atom is 0.130 e. The van der Waals surface area contributed by atoms with Gasteiger partial charge in [0.05, 0.1) is 31.0 Å². The Morgan fingerprint density at radius 3 is 2.64 bits per heavy atom. The van der Waals surface area contributed by atoms with E-state index in [1.54, 1.807) is 18.2 Å². The lowest BCUT2D eigenvalue weighted by Gasteiger charge is -2.32. The normalized spacial score (nSPS) is 22.5. The highest BCUT2D eigenvalue weighted by Gasteiger charge is 2.29. The summed E-state index contributed by atoms with van der Waals surface area (Å²) in [6.07, 6.45) is -0.0659. The van der Waals surface area contributed by atoms with E-state index in [9.17, 15) is 14.6 Å². The minimum Gasteiger partial charge on any atom is -0.491 e. The molecule has 0 unspecified atom stereocenters. The molecule has 2 aromatic rings. The van der Waals surface area contributed by atoms with E-state index in [2.05, 4.69) is 0 Å². The quantitative estimate of drug-likeness (QED) is 0.742. The van der Waals surface area contributed by atoms with Crippen LogP contribution in [-0.4, -0.2) is 35.1 Å². The van der Waals surface area contributed by atoms with Gasteiger partial charge in [-0.2, -0.15) is 0 Å². The third-order valence-electron chi connectivity index (χ3n) is 4.80. The second-order valence-corrected chi connectivity index (χ2v) is 7.91. The topological polar surface area (TPSA) is 58.9 Å². The lowest BCUT2D eigenvalue weighted by molar-refractivity contribution is -0.113. The van der Waals surface area contributed by atoms with Crippen LogP contribution >= 0.6 is 11.6 Å². The Morgan fingerprint density at radius 1 is 1.18 bits per heavy atom. The predicted molar refractivity (Wildman–Crippen MR) is 106 cm³/mol. The Kier molecular flexibility index (Phi) is 6.94. The van der Waals surface area contributed by atoms with Gasteiger partial charge in [0.15, 0.2) is 0 Å². The zero-order valence-corrected chi connectivity index (χ0v) is 16.8.